The summed E-state index contributed by atoms with van der Waals surface area (Å²) in [6, 6.07) is 6.14. The van der Waals surface area contributed by atoms with E-state index in [1.54, 1.807) is 12.1 Å². The maximum absolute atomic E-state index is 13.2. The quantitative estimate of drug-likeness (QED) is 0.500. The number of thioether (sulfide) groups is 1. The molecule has 0 aliphatic rings. The van der Waals surface area contributed by atoms with Crippen LogP contribution in [0.1, 0.15) is 28.4 Å². The molecule has 1 N–H and O–H groups in total. The predicted octanol–water partition coefficient (Wildman–Crippen LogP) is 4.39. The van der Waals surface area contributed by atoms with Crippen LogP contribution in [-0.2, 0) is 7.05 Å². The van der Waals surface area contributed by atoms with Crippen LogP contribution in [0.25, 0.3) is 21.6 Å². The normalized spacial score (nSPS) is 12.6. The number of aromatic nitrogens is 5. The highest BCUT2D eigenvalue weighted by Gasteiger charge is 2.19. The summed E-state index contributed by atoms with van der Waals surface area (Å²) < 4.78 is 15.0. The summed E-state index contributed by atoms with van der Waals surface area (Å²) in [7, 11) is 1.86. The lowest BCUT2D eigenvalue weighted by Gasteiger charge is -2.10. The van der Waals surface area contributed by atoms with E-state index in [-0.39, 0.29) is 16.6 Å². The number of thiophene rings is 1. The monoisotopic (exact) mass is 415 g/mol. The molecule has 4 rings (SSSR count). The molecule has 0 amide bonds. The maximum Gasteiger partial charge on any atom is 0.259 e. The molecule has 28 heavy (non-hydrogen) atoms. The second-order valence-electron chi connectivity index (χ2n) is 6.55. The average molecular weight is 416 g/mol. The van der Waals surface area contributed by atoms with Gasteiger partial charge < -0.3 is 9.55 Å². The van der Waals surface area contributed by atoms with Gasteiger partial charge in [-0.2, -0.15) is 0 Å². The fourth-order valence-corrected chi connectivity index (χ4v) is 4.85. The summed E-state index contributed by atoms with van der Waals surface area (Å²) >= 11 is 2.99. The molecule has 6 nitrogen and oxygen atoms in total. The SMILES string of the molecule is Cc1sc2nc(C(C)Sc3nnc(-c4ccc(F)cc4)n3C)[nH]c(=O)c2c1C. The molecular weight excluding hydrogens is 397 g/mol. The number of hydrogen-bond donors (Lipinski definition) is 1. The Morgan fingerprint density at radius 2 is 1.93 bits per heavy atom. The van der Waals surface area contributed by atoms with Gasteiger partial charge in [-0.3, -0.25) is 4.79 Å². The van der Waals surface area contributed by atoms with Crippen molar-refractivity contribution in [2.45, 2.75) is 31.2 Å². The van der Waals surface area contributed by atoms with E-state index in [0.29, 0.717) is 22.2 Å². The smallest absolute Gasteiger partial charge is 0.259 e. The van der Waals surface area contributed by atoms with Gasteiger partial charge in [0.15, 0.2) is 11.0 Å². The molecule has 3 heterocycles. The van der Waals surface area contributed by atoms with E-state index >= 15 is 0 Å². The zero-order valence-corrected chi connectivity index (χ0v) is 17.4. The van der Waals surface area contributed by atoms with Gasteiger partial charge in [0.05, 0.1) is 10.6 Å². The second kappa shape index (κ2) is 7.14. The fraction of sp³-hybridized carbons (Fsp3) is 0.263. The molecule has 0 bridgehead atoms. The Morgan fingerprint density at radius 3 is 2.64 bits per heavy atom. The summed E-state index contributed by atoms with van der Waals surface area (Å²) in [5.74, 6) is 0.963. The Morgan fingerprint density at radius 1 is 1.21 bits per heavy atom. The van der Waals surface area contributed by atoms with E-state index in [2.05, 4.69) is 20.2 Å². The molecule has 9 heteroatoms. The van der Waals surface area contributed by atoms with E-state index in [0.717, 1.165) is 20.8 Å². The van der Waals surface area contributed by atoms with Crippen LogP contribution >= 0.6 is 23.1 Å². The minimum Gasteiger partial charge on any atom is -0.309 e. The van der Waals surface area contributed by atoms with Crippen molar-refractivity contribution in [3.8, 4) is 11.4 Å². The molecule has 0 spiro atoms. The zero-order chi connectivity index (χ0) is 20.0. The lowest BCUT2D eigenvalue weighted by Crippen LogP contribution is -2.12. The van der Waals surface area contributed by atoms with Crippen LogP contribution in [0.15, 0.2) is 34.2 Å². The summed E-state index contributed by atoms with van der Waals surface area (Å²) in [6.45, 7) is 5.91. The molecule has 0 radical (unpaired) electrons. The van der Waals surface area contributed by atoms with Gasteiger partial charge in [-0.1, -0.05) is 11.8 Å². The number of nitrogens with zero attached hydrogens (tertiary/aromatic N) is 4. The van der Waals surface area contributed by atoms with Crippen LogP contribution in [0.3, 0.4) is 0 Å². The first-order valence-electron chi connectivity index (χ1n) is 8.67. The Bertz CT molecular complexity index is 1230. The summed E-state index contributed by atoms with van der Waals surface area (Å²) in [4.78, 5) is 21.9. The molecule has 1 aromatic carbocycles. The van der Waals surface area contributed by atoms with E-state index in [4.69, 9.17) is 0 Å². The van der Waals surface area contributed by atoms with Crippen molar-refractivity contribution in [1.29, 1.82) is 0 Å². The third-order valence-electron chi connectivity index (χ3n) is 4.66. The Labute approximate surface area is 168 Å². The number of hydrogen-bond acceptors (Lipinski definition) is 6. The van der Waals surface area contributed by atoms with E-state index in [1.165, 1.54) is 35.2 Å². The van der Waals surface area contributed by atoms with Gasteiger partial charge in [0, 0.05) is 17.5 Å². The molecule has 0 saturated carbocycles. The number of benzene rings is 1. The molecule has 0 saturated heterocycles. The average Bonchev–Trinajstić information content (AvgIpc) is 3.16. The van der Waals surface area contributed by atoms with Gasteiger partial charge in [-0.15, -0.1) is 21.5 Å². The minimum atomic E-state index is -0.293. The highest BCUT2D eigenvalue weighted by atomic mass is 32.2. The summed E-state index contributed by atoms with van der Waals surface area (Å²) in [5.41, 5.74) is 1.66. The van der Waals surface area contributed by atoms with Crippen molar-refractivity contribution in [3.05, 3.63) is 56.7 Å². The molecule has 4 aromatic rings. The van der Waals surface area contributed by atoms with Crippen molar-refractivity contribution >= 4 is 33.3 Å². The molecule has 3 aromatic heterocycles. The number of rotatable bonds is 4. The van der Waals surface area contributed by atoms with Crippen LogP contribution < -0.4 is 5.56 Å². The van der Waals surface area contributed by atoms with Gasteiger partial charge in [0.25, 0.3) is 5.56 Å². The Balaban J connectivity index is 1.64. The van der Waals surface area contributed by atoms with Gasteiger partial charge in [-0.05, 0) is 50.6 Å². The van der Waals surface area contributed by atoms with Crippen molar-refractivity contribution in [1.82, 2.24) is 24.7 Å². The first-order chi connectivity index (χ1) is 13.3. The Hall–Kier alpha value is -2.52. The first kappa shape index (κ1) is 18.8. The number of aromatic amines is 1. The van der Waals surface area contributed by atoms with Crippen molar-refractivity contribution < 1.29 is 4.39 Å². The molecule has 0 fully saturated rings. The molecule has 0 aliphatic carbocycles. The van der Waals surface area contributed by atoms with Gasteiger partial charge in [-0.25, -0.2) is 9.37 Å². The molecule has 1 atom stereocenters. The second-order valence-corrected chi connectivity index (χ2v) is 9.06. The highest BCUT2D eigenvalue weighted by Crippen LogP contribution is 2.34. The predicted molar refractivity (Wildman–Crippen MR) is 110 cm³/mol. The fourth-order valence-electron chi connectivity index (χ4n) is 2.95. The Kier molecular flexibility index (Phi) is 4.80. The van der Waals surface area contributed by atoms with Crippen LogP contribution in [0.4, 0.5) is 4.39 Å². The molecular formula is C19H18FN5OS2. The first-order valence-corrected chi connectivity index (χ1v) is 10.4. The van der Waals surface area contributed by atoms with Gasteiger partial charge in [0.1, 0.15) is 16.5 Å². The largest absolute Gasteiger partial charge is 0.309 e. The lowest BCUT2D eigenvalue weighted by atomic mass is 10.2. The number of halogens is 1. The lowest BCUT2D eigenvalue weighted by molar-refractivity contribution is 0.628. The van der Waals surface area contributed by atoms with E-state index in [1.807, 2.05) is 32.4 Å². The van der Waals surface area contributed by atoms with E-state index < -0.39 is 0 Å². The minimum absolute atomic E-state index is 0.112. The highest BCUT2D eigenvalue weighted by molar-refractivity contribution is 7.99. The van der Waals surface area contributed by atoms with Crippen molar-refractivity contribution in [3.63, 3.8) is 0 Å². The number of aryl methyl sites for hydroxylation is 2. The number of fused-ring (bicyclic) bond motifs is 1. The standard InChI is InChI=1S/C19H18FN5OS2/c1-9-10(2)27-18-14(9)17(26)21-15(22-18)11(3)28-19-24-23-16(25(19)4)12-5-7-13(20)8-6-12/h5-8,11H,1-4H3,(H,21,22,26). The van der Waals surface area contributed by atoms with Crippen LogP contribution in [-0.4, -0.2) is 24.7 Å². The third-order valence-corrected chi connectivity index (χ3v) is 6.91. The van der Waals surface area contributed by atoms with Crippen molar-refractivity contribution in [2.24, 2.45) is 7.05 Å². The third kappa shape index (κ3) is 3.24. The molecule has 144 valence electrons. The van der Waals surface area contributed by atoms with Crippen LogP contribution in [0.2, 0.25) is 0 Å². The number of H-pyrrole nitrogens is 1. The topological polar surface area (TPSA) is 76.5 Å². The summed E-state index contributed by atoms with van der Waals surface area (Å²) in [6.07, 6.45) is 0. The van der Waals surface area contributed by atoms with Crippen molar-refractivity contribution in [2.75, 3.05) is 0 Å². The van der Waals surface area contributed by atoms with Crippen LogP contribution in [0, 0.1) is 19.7 Å². The zero-order valence-electron chi connectivity index (χ0n) is 15.8. The maximum atomic E-state index is 13.2. The van der Waals surface area contributed by atoms with E-state index in [9.17, 15) is 9.18 Å². The molecule has 1 unspecified atom stereocenters. The molecule has 0 aliphatic heterocycles. The number of nitrogens with one attached hydrogen (secondary N) is 1. The van der Waals surface area contributed by atoms with Gasteiger partial charge in [0.2, 0.25) is 0 Å². The summed E-state index contributed by atoms with van der Waals surface area (Å²) in [5, 5.41) is 9.71. The van der Waals surface area contributed by atoms with Crippen LogP contribution in [0.5, 0.6) is 0 Å². The van der Waals surface area contributed by atoms with Gasteiger partial charge >= 0.3 is 0 Å².